The third-order valence-electron chi connectivity index (χ3n) is 4.63. The number of rotatable bonds is 6. The van der Waals surface area contributed by atoms with Crippen molar-refractivity contribution in [2.24, 2.45) is 0 Å². The van der Waals surface area contributed by atoms with Crippen molar-refractivity contribution in [2.45, 2.75) is 32.4 Å². The lowest BCUT2D eigenvalue weighted by Gasteiger charge is -2.12. The predicted molar refractivity (Wildman–Crippen MR) is 102 cm³/mol. The van der Waals surface area contributed by atoms with Crippen LogP contribution in [0, 0.1) is 0 Å². The highest BCUT2D eigenvalue weighted by Crippen LogP contribution is 2.21. The number of benzene rings is 2. The molecule has 1 aromatic heterocycles. The van der Waals surface area contributed by atoms with Gasteiger partial charge in [0.05, 0.1) is 11.6 Å². The van der Waals surface area contributed by atoms with Gasteiger partial charge in [-0.15, -0.1) is 5.10 Å². The van der Waals surface area contributed by atoms with Crippen LogP contribution >= 0.6 is 0 Å². The lowest BCUT2D eigenvalue weighted by molar-refractivity contribution is 0.0680. The van der Waals surface area contributed by atoms with Crippen molar-refractivity contribution in [1.82, 2.24) is 15.0 Å². The normalized spacial score (nSPS) is 16.6. The number of amides is 1. The van der Waals surface area contributed by atoms with Gasteiger partial charge in [0.15, 0.2) is 0 Å². The van der Waals surface area contributed by atoms with Crippen molar-refractivity contribution >= 4 is 22.6 Å². The molecular weight excluding hydrogens is 344 g/mol. The number of aromatic nitrogens is 3. The number of ether oxygens (including phenoxy) is 2. The Bertz CT molecular complexity index is 947. The Hall–Kier alpha value is -2.93. The second-order valence-corrected chi connectivity index (χ2v) is 6.54. The van der Waals surface area contributed by atoms with Gasteiger partial charge in [0.2, 0.25) is 0 Å². The molecule has 4 rings (SSSR count). The maximum Gasteiger partial charge on any atom is 0.255 e. The van der Waals surface area contributed by atoms with Crippen LogP contribution in [0.3, 0.4) is 0 Å². The number of nitrogens with one attached hydrogen (secondary N) is 1. The SMILES string of the molecule is CCn1nnc2cc(C(=O)Nc3cccc(OCC4CCCO4)c3)ccc21. The van der Waals surface area contributed by atoms with Crippen LogP contribution in [0.4, 0.5) is 5.69 Å². The summed E-state index contributed by atoms with van der Waals surface area (Å²) in [5, 5.41) is 11.1. The fourth-order valence-electron chi connectivity index (χ4n) is 3.18. The molecule has 7 heteroatoms. The van der Waals surface area contributed by atoms with Crippen LogP contribution in [-0.2, 0) is 11.3 Å². The molecule has 7 nitrogen and oxygen atoms in total. The Morgan fingerprint density at radius 1 is 1.33 bits per heavy atom. The summed E-state index contributed by atoms with van der Waals surface area (Å²) in [6.07, 6.45) is 2.27. The van der Waals surface area contributed by atoms with E-state index in [9.17, 15) is 4.79 Å². The molecule has 1 fully saturated rings. The third-order valence-corrected chi connectivity index (χ3v) is 4.63. The van der Waals surface area contributed by atoms with Crippen molar-refractivity contribution in [3.63, 3.8) is 0 Å². The molecule has 1 saturated heterocycles. The highest BCUT2D eigenvalue weighted by atomic mass is 16.5. The minimum atomic E-state index is -0.195. The van der Waals surface area contributed by atoms with E-state index in [4.69, 9.17) is 9.47 Å². The van der Waals surface area contributed by atoms with E-state index >= 15 is 0 Å². The minimum absolute atomic E-state index is 0.159. The Balaban J connectivity index is 1.43. The first kappa shape index (κ1) is 17.5. The number of fused-ring (bicyclic) bond motifs is 1. The summed E-state index contributed by atoms with van der Waals surface area (Å²) >= 11 is 0. The monoisotopic (exact) mass is 366 g/mol. The number of anilines is 1. The Labute approximate surface area is 157 Å². The van der Waals surface area contributed by atoms with E-state index in [0.717, 1.165) is 31.5 Å². The molecule has 140 valence electrons. The molecule has 0 spiro atoms. The summed E-state index contributed by atoms with van der Waals surface area (Å²) in [6.45, 7) is 4.07. The van der Waals surface area contributed by atoms with Crippen molar-refractivity contribution in [1.29, 1.82) is 0 Å². The van der Waals surface area contributed by atoms with Gasteiger partial charge in [-0.05, 0) is 50.1 Å². The average molecular weight is 366 g/mol. The van der Waals surface area contributed by atoms with Gasteiger partial charge in [-0.2, -0.15) is 0 Å². The molecule has 1 aliphatic rings. The molecule has 0 aliphatic carbocycles. The summed E-state index contributed by atoms with van der Waals surface area (Å²) in [6, 6.07) is 12.8. The molecule has 1 unspecified atom stereocenters. The number of hydrogen-bond acceptors (Lipinski definition) is 5. The average Bonchev–Trinajstić information content (AvgIpc) is 3.35. The molecule has 1 amide bonds. The van der Waals surface area contributed by atoms with E-state index in [1.54, 1.807) is 16.8 Å². The van der Waals surface area contributed by atoms with Gasteiger partial charge in [-0.25, -0.2) is 4.68 Å². The van der Waals surface area contributed by atoms with Gasteiger partial charge in [0.1, 0.15) is 17.9 Å². The first-order valence-electron chi connectivity index (χ1n) is 9.22. The first-order chi connectivity index (χ1) is 13.2. The lowest BCUT2D eigenvalue weighted by Crippen LogP contribution is -2.16. The van der Waals surface area contributed by atoms with Gasteiger partial charge < -0.3 is 14.8 Å². The van der Waals surface area contributed by atoms with Crippen LogP contribution in [0.5, 0.6) is 5.75 Å². The molecule has 0 radical (unpaired) electrons. The topological polar surface area (TPSA) is 78.3 Å². The molecule has 3 aromatic rings. The molecule has 1 N–H and O–H groups in total. The number of carbonyl (C=O) groups excluding carboxylic acids is 1. The maximum atomic E-state index is 12.6. The zero-order chi connectivity index (χ0) is 18.6. The molecule has 0 saturated carbocycles. The van der Waals surface area contributed by atoms with E-state index in [1.807, 2.05) is 37.3 Å². The summed E-state index contributed by atoms with van der Waals surface area (Å²) in [5.41, 5.74) is 2.84. The largest absolute Gasteiger partial charge is 0.491 e. The summed E-state index contributed by atoms with van der Waals surface area (Å²) < 4.78 is 13.2. The zero-order valence-corrected chi connectivity index (χ0v) is 15.2. The standard InChI is InChI=1S/C20H22N4O3/c1-2-24-19-9-8-14(11-18(19)22-23-24)20(25)21-15-5-3-6-16(12-15)27-13-17-7-4-10-26-17/h3,5-6,8-9,11-12,17H,2,4,7,10,13H2,1H3,(H,21,25). The predicted octanol–water partition coefficient (Wildman–Crippen LogP) is 3.26. The molecule has 2 aromatic carbocycles. The molecular formula is C20H22N4O3. The second kappa shape index (κ2) is 7.75. The van der Waals surface area contributed by atoms with E-state index < -0.39 is 0 Å². The van der Waals surface area contributed by atoms with Crippen LogP contribution in [0.1, 0.15) is 30.1 Å². The van der Waals surface area contributed by atoms with E-state index in [1.165, 1.54) is 0 Å². The molecule has 27 heavy (non-hydrogen) atoms. The molecule has 0 bridgehead atoms. The van der Waals surface area contributed by atoms with Crippen molar-refractivity contribution in [3.05, 3.63) is 48.0 Å². The van der Waals surface area contributed by atoms with E-state index in [0.29, 0.717) is 29.1 Å². The van der Waals surface area contributed by atoms with Crippen molar-refractivity contribution < 1.29 is 14.3 Å². The zero-order valence-electron chi connectivity index (χ0n) is 15.2. The van der Waals surface area contributed by atoms with Crippen LogP contribution < -0.4 is 10.1 Å². The maximum absolute atomic E-state index is 12.6. The quantitative estimate of drug-likeness (QED) is 0.724. The summed E-state index contributed by atoms with van der Waals surface area (Å²) in [4.78, 5) is 12.6. The fraction of sp³-hybridized carbons (Fsp3) is 0.350. The van der Waals surface area contributed by atoms with Gasteiger partial charge >= 0.3 is 0 Å². The van der Waals surface area contributed by atoms with Crippen molar-refractivity contribution in [3.8, 4) is 5.75 Å². The fourth-order valence-corrected chi connectivity index (χ4v) is 3.18. The van der Waals surface area contributed by atoms with E-state index in [-0.39, 0.29) is 12.0 Å². The summed E-state index contributed by atoms with van der Waals surface area (Å²) in [7, 11) is 0. The smallest absolute Gasteiger partial charge is 0.255 e. The first-order valence-corrected chi connectivity index (χ1v) is 9.22. The highest BCUT2D eigenvalue weighted by molar-refractivity contribution is 6.05. The van der Waals surface area contributed by atoms with Gasteiger partial charge in [-0.1, -0.05) is 11.3 Å². The Morgan fingerprint density at radius 3 is 3.07 bits per heavy atom. The Kier molecular flexibility index (Phi) is 5.02. The van der Waals surface area contributed by atoms with E-state index in [2.05, 4.69) is 15.6 Å². The molecule has 2 heterocycles. The number of carbonyl (C=O) groups is 1. The summed E-state index contributed by atoms with van der Waals surface area (Å²) in [5.74, 6) is 0.517. The van der Waals surface area contributed by atoms with Crippen LogP contribution in [0.15, 0.2) is 42.5 Å². The third kappa shape index (κ3) is 3.93. The van der Waals surface area contributed by atoms with Gasteiger partial charge in [-0.3, -0.25) is 4.79 Å². The molecule has 1 aliphatic heterocycles. The van der Waals surface area contributed by atoms with Crippen LogP contribution in [0.25, 0.3) is 11.0 Å². The van der Waals surface area contributed by atoms with Crippen molar-refractivity contribution in [2.75, 3.05) is 18.5 Å². The highest BCUT2D eigenvalue weighted by Gasteiger charge is 2.16. The lowest BCUT2D eigenvalue weighted by atomic mass is 10.1. The molecule has 1 atom stereocenters. The van der Waals surface area contributed by atoms with Gasteiger partial charge in [0, 0.05) is 30.5 Å². The minimum Gasteiger partial charge on any atom is -0.491 e. The van der Waals surface area contributed by atoms with Crippen LogP contribution in [0.2, 0.25) is 0 Å². The number of aryl methyl sites for hydroxylation is 1. The number of hydrogen-bond donors (Lipinski definition) is 1. The second-order valence-electron chi connectivity index (χ2n) is 6.54. The van der Waals surface area contributed by atoms with Gasteiger partial charge in [0.25, 0.3) is 5.91 Å². The Morgan fingerprint density at radius 2 is 2.26 bits per heavy atom. The van der Waals surface area contributed by atoms with Crippen LogP contribution in [-0.4, -0.2) is 40.2 Å². The number of nitrogens with zero attached hydrogens (tertiary/aromatic N) is 3.